The van der Waals surface area contributed by atoms with Crippen LogP contribution in [0, 0.1) is 27.2 Å². The van der Waals surface area contributed by atoms with Gasteiger partial charge in [-0.2, -0.15) is 10.1 Å². The summed E-state index contributed by atoms with van der Waals surface area (Å²) in [6.07, 6.45) is 7.69. The molecular formula is C26H24ClIN2O4. The van der Waals surface area contributed by atoms with Crippen LogP contribution in [0.25, 0.3) is 0 Å². The monoisotopic (exact) mass is 590 g/mol. The van der Waals surface area contributed by atoms with Gasteiger partial charge < -0.3 is 9.47 Å². The fourth-order valence-corrected chi connectivity index (χ4v) is 6.01. The van der Waals surface area contributed by atoms with Crippen LogP contribution in [0.15, 0.2) is 53.7 Å². The highest BCUT2D eigenvalue weighted by Crippen LogP contribution is 2.49. The number of fused-ring (bicyclic) bond motifs is 1. The Balaban J connectivity index is 1.35. The minimum atomic E-state index is -0.267. The lowest BCUT2D eigenvalue weighted by atomic mass is 9.63. The molecule has 2 amide bonds. The minimum absolute atomic E-state index is 0.147. The first-order valence-corrected chi connectivity index (χ1v) is 12.9. The summed E-state index contributed by atoms with van der Waals surface area (Å²) in [6.45, 7) is 2.75. The number of benzene rings is 2. The molecule has 0 unspecified atom stereocenters. The molecule has 0 N–H and O–H groups in total. The van der Waals surface area contributed by atoms with Gasteiger partial charge in [-0.15, -0.1) is 0 Å². The Morgan fingerprint density at radius 3 is 2.29 bits per heavy atom. The van der Waals surface area contributed by atoms with Gasteiger partial charge in [-0.3, -0.25) is 9.59 Å². The molecule has 4 atom stereocenters. The summed E-state index contributed by atoms with van der Waals surface area (Å²) in [4.78, 5) is 26.0. The summed E-state index contributed by atoms with van der Waals surface area (Å²) < 4.78 is 12.7. The second-order valence-electron chi connectivity index (χ2n) is 8.75. The number of allylic oxidation sites excluding steroid dienone is 2. The van der Waals surface area contributed by atoms with E-state index in [4.69, 9.17) is 21.1 Å². The normalized spacial score (nSPS) is 25.3. The van der Waals surface area contributed by atoms with E-state index in [1.807, 2.05) is 43.3 Å². The van der Waals surface area contributed by atoms with Crippen molar-refractivity contribution in [1.82, 2.24) is 5.01 Å². The minimum Gasteiger partial charge on any atom is -0.490 e. The largest absolute Gasteiger partial charge is 0.490 e. The third-order valence-corrected chi connectivity index (χ3v) is 7.74. The molecule has 0 radical (unpaired) electrons. The Morgan fingerprint density at radius 2 is 1.71 bits per heavy atom. The van der Waals surface area contributed by atoms with E-state index in [2.05, 4.69) is 39.8 Å². The van der Waals surface area contributed by atoms with Crippen molar-refractivity contribution >= 4 is 52.2 Å². The number of nitrogens with zero attached hydrogens (tertiary/aromatic N) is 2. The van der Waals surface area contributed by atoms with Crippen molar-refractivity contribution in [3.63, 3.8) is 0 Å². The second kappa shape index (κ2) is 9.70. The van der Waals surface area contributed by atoms with E-state index in [1.165, 1.54) is 0 Å². The third kappa shape index (κ3) is 4.35. The highest BCUT2D eigenvalue weighted by molar-refractivity contribution is 14.1. The van der Waals surface area contributed by atoms with Crippen LogP contribution in [-0.4, -0.2) is 29.6 Å². The molecule has 2 aromatic rings. The number of carbonyl (C=O) groups is 2. The first kappa shape index (κ1) is 23.4. The molecule has 1 aliphatic heterocycles. The van der Waals surface area contributed by atoms with E-state index in [9.17, 15) is 9.59 Å². The molecule has 6 rings (SSSR count). The lowest BCUT2D eigenvalue weighted by Crippen LogP contribution is -2.38. The number of hydrazone groups is 1. The van der Waals surface area contributed by atoms with Crippen LogP contribution >= 0.6 is 34.2 Å². The standard InChI is InChI=1S/C26H24ClIN2O4/c1-2-33-21-12-16(11-20(28)24(21)34-14-15-3-9-19(27)10-4-15)13-29-30-25(31)22-17-5-6-18(8-7-17)23(22)26(30)32/h3-6,9-13,17-18,22-23H,2,7-8,14H2,1H3/b29-13-/t17-,18-,22+,23+/m1/s1. The molecule has 1 heterocycles. The maximum absolute atomic E-state index is 13.0. The van der Waals surface area contributed by atoms with Gasteiger partial charge in [-0.25, -0.2) is 0 Å². The maximum atomic E-state index is 13.0. The first-order chi connectivity index (χ1) is 16.5. The smallest absolute Gasteiger partial charge is 0.254 e. The zero-order valence-corrected chi connectivity index (χ0v) is 21.5. The molecule has 2 aromatic carbocycles. The van der Waals surface area contributed by atoms with Crippen molar-refractivity contribution in [2.24, 2.45) is 28.8 Å². The fraction of sp³-hybridized carbons (Fsp3) is 0.346. The second-order valence-corrected chi connectivity index (χ2v) is 10.4. The van der Waals surface area contributed by atoms with E-state index in [0.29, 0.717) is 29.7 Å². The number of imide groups is 1. The molecule has 0 aromatic heterocycles. The Hall–Kier alpha value is -2.39. The molecule has 4 aliphatic rings. The number of ether oxygens (including phenoxy) is 2. The van der Waals surface area contributed by atoms with Crippen molar-refractivity contribution in [1.29, 1.82) is 0 Å². The number of carbonyl (C=O) groups excluding carboxylic acids is 2. The lowest BCUT2D eigenvalue weighted by Gasteiger charge is -2.37. The van der Waals surface area contributed by atoms with Crippen LogP contribution in [0.3, 0.4) is 0 Å². The Bertz CT molecular complexity index is 1150. The van der Waals surface area contributed by atoms with Crippen LogP contribution in [0.2, 0.25) is 5.02 Å². The number of rotatable bonds is 7. The van der Waals surface area contributed by atoms with Crippen molar-refractivity contribution in [3.05, 3.63) is 68.3 Å². The fourth-order valence-electron chi connectivity index (χ4n) is 5.10. The van der Waals surface area contributed by atoms with E-state index in [-0.39, 0.29) is 35.5 Å². The molecule has 34 heavy (non-hydrogen) atoms. The maximum Gasteiger partial charge on any atom is 0.254 e. The Kier molecular flexibility index (Phi) is 6.66. The molecular weight excluding hydrogens is 567 g/mol. The van der Waals surface area contributed by atoms with E-state index < -0.39 is 0 Å². The van der Waals surface area contributed by atoms with Gasteiger partial charge in [0, 0.05) is 5.02 Å². The highest BCUT2D eigenvalue weighted by atomic mass is 127. The van der Waals surface area contributed by atoms with E-state index in [1.54, 1.807) is 6.21 Å². The van der Waals surface area contributed by atoms with Gasteiger partial charge >= 0.3 is 0 Å². The summed E-state index contributed by atoms with van der Waals surface area (Å²) in [5.74, 6) is 0.605. The predicted octanol–water partition coefficient (Wildman–Crippen LogP) is 5.45. The van der Waals surface area contributed by atoms with Crippen LogP contribution in [-0.2, 0) is 16.2 Å². The van der Waals surface area contributed by atoms with Crippen LogP contribution < -0.4 is 9.47 Å². The lowest BCUT2D eigenvalue weighted by molar-refractivity contribution is -0.140. The number of hydrogen-bond donors (Lipinski definition) is 0. The topological polar surface area (TPSA) is 68.2 Å². The quantitative estimate of drug-likeness (QED) is 0.186. The van der Waals surface area contributed by atoms with E-state index in [0.717, 1.165) is 32.5 Å². The van der Waals surface area contributed by atoms with Gasteiger partial charge in [0.25, 0.3) is 11.8 Å². The zero-order valence-electron chi connectivity index (χ0n) is 18.6. The first-order valence-electron chi connectivity index (χ1n) is 11.4. The molecule has 6 nitrogen and oxygen atoms in total. The van der Waals surface area contributed by atoms with Crippen LogP contribution in [0.5, 0.6) is 11.5 Å². The zero-order chi connectivity index (χ0) is 23.8. The molecule has 1 saturated heterocycles. The Labute approximate surface area is 217 Å². The predicted molar refractivity (Wildman–Crippen MR) is 138 cm³/mol. The number of halogens is 2. The molecule has 1 saturated carbocycles. The molecule has 176 valence electrons. The van der Waals surface area contributed by atoms with Gasteiger partial charge in [0.2, 0.25) is 0 Å². The molecule has 8 heteroatoms. The third-order valence-electron chi connectivity index (χ3n) is 6.69. The van der Waals surface area contributed by atoms with Crippen molar-refractivity contribution < 1.29 is 19.1 Å². The van der Waals surface area contributed by atoms with Gasteiger partial charge in [0.05, 0.1) is 28.2 Å². The molecule has 2 fully saturated rings. The van der Waals surface area contributed by atoms with E-state index >= 15 is 0 Å². The summed E-state index contributed by atoms with van der Waals surface area (Å²) in [5, 5.41) is 6.07. The van der Waals surface area contributed by atoms with Crippen molar-refractivity contribution in [2.75, 3.05) is 6.61 Å². The van der Waals surface area contributed by atoms with Gasteiger partial charge in [-0.05, 0) is 89.6 Å². The summed E-state index contributed by atoms with van der Waals surface area (Å²) in [5.41, 5.74) is 1.72. The van der Waals surface area contributed by atoms with Crippen molar-refractivity contribution in [3.8, 4) is 11.5 Å². The molecule has 2 bridgehead atoms. The summed E-state index contributed by atoms with van der Waals surface area (Å²) in [7, 11) is 0. The van der Waals surface area contributed by atoms with Gasteiger partial charge in [-0.1, -0.05) is 35.9 Å². The molecule has 0 spiro atoms. The SMILES string of the molecule is CCOc1cc(/C=N\N2C(=O)[C@@H]3[C@@H](C2=O)[C@@H]2C=C[C@@H]3CC2)cc(I)c1OCc1ccc(Cl)cc1. The summed E-state index contributed by atoms with van der Waals surface area (Å²) >= 11 is 8.15. The average molecular weight is 591 g/mol. The van der Waals surface area contributed by atoms with Crippen LogP contribution in [0.1, 0.15) is 30.9 Å². The highest BCUT2D eigenvalue weighted by Gasteiger charge is 2.56. The number of hydrogen-bond acceptors (Lipinski definition) is 5. The van der Waals surface area contributed by atoms with Gasteiger partial charge in [0.1, 0.15) is 6.61 Å². The Morgan fingerprint density at radius 1 is 1.06 bits per heavy atom. The average Bonchev–Trinajstić information content (AvgIpc) is 3.11. The summed E-state index contributed by atoms with van der Waals surface area (Å²) in [6, 6.07) is 11.2. The van der Waals surface area contributed by atoms with Gasteiger partial charge in [0.15, 0.2) is 11.5 Å². The van der Waals surface area contributed by atoms with Crippen LogP contribution in [0.4, 0.5) is 0 Å². The number of amides is 2. The molecule has 3 aliphatic carbocycles. The van der Waals surface area contributed by atoms with Crippen molar-refractivity contribution in [2.45, 2.75) is 26.4 Å².